The van der Waals surface area contributed by atoms with E-state index in [1.165, 1.54) is 5.56 Å². The number of nitrogens with one attached hydrogen (secondary N) is 2. The van der Waals surface area contributed by atoms with Crippen molar-refractivity contribution in [2.24, 2.45) is 0 Å². The van der Waals surface area contributed by atoms with Crippen molar-refractivity contribution in [3.05, 3.63) is 41.8 Å². The number of aromatic nitrogens is 2. The smallest absolute Gasteiger partial charge is 0.315 e. The Hall–Kier alpha value is -1.88. The minimum Gasteiger partial charge on any atom is -0.407 e. The maximum atomic E-state index is 5.52. The first-order valence-electron chi connectivity index (χ1n) is 6.71. The molecular formula is C14H18N4O. The lowest BCUT2D eigenvalue weighted by Gasteiger charge is -2.00. The van der Waals surface area contributed by atoms with Gasteiger partial charge in [-0.05, 0) is 18.5 Å². The van der Waals surface area contributed by atoms with Gasteiger partial charge in [0.05, 0.1) is 6.54 Å². The highest BCUT2D eigenvalue weighted by molar-refractivity contribution is 5.35. The van der Waals surface area contributed by atoms with Crippen LogP contribution in [-0.2, 0) is 6.54 Å². The molecule has 3 rings (SSSR count). The van der Waals surface area contributed by atoms with Gasteiger partial charge >= 0.3 is 6.01 Å². The van der Waals surface area contributed by atoms with Crippen molar-refractivity contribution in [3.8, 4) is 0 Å². The van der Waals surface area contributed by atoms with Gasteiger partial charge in [-0.25, -0.2) is 0 Å². The quantitative estimate of drug-likeness (QED) is 0.831. The predicted molar refractivity (Wildman–Crippen MR) is 72.9 cm³/mol. The molecule has 0 aliphatic heterocycles. The van der Waals surface area contributed by atoms with Gasteiger partial charge in [-0.3, -0.25) is 0 Å². The highest BCUT2D eigenvalue weighted by atomic mass is 16.4. The zero-order chi connectivity index (χ0) is 13.1. The van der Waals surface area contributed by atoms with Crippen LogP contribution >= 0.6 is 0 Å². The summed E-state index contributed by atoms with van der Waals surface area (Å²) in [6.45, 7) is 3.56. The molecule has 100 valence electrons. The molecule has 1 aliphatic carbocycles. The largest absolute Gasteiger partial charge is 0.407 e. The van der Waals surface area contributed by atoms with Gasteiger partial charge in [-0.1, -0.05) is 42.4 Å². The van der Waals surface area contributed by atoms with Crippen LogP contribution in [0.25, 0.3) is 0 Å². The molecule has 2 aromatic rings. The monoisotopic (exact) mass is 258 g/mol. The molecule has 19 heavy (non-hydrogen) atoms. The molecule has 0 radical (unpaired) electrons. The zero-order valence-electron chi connectivity index (χ0n) is 11.0. The summed E-state index contributed by atoms with van der Waals surface area (Å²) in [7, 11) is 0. The molecule has 1 fully saturated rings. The molecule has 2 N–H and O–H groups in total. The Kier molecular flexibility index (Phi) is 3.46. The standard InChI is InChI=1S/C14H18N4O/c1-2-15-9-13-17-18-14(19-13)16-12-8-11(12)10-6-4-3-5-7-10/h3-7,11-12,15H,2,8-9H2,1H3,(H,16,18). The Labute approximate surface area is 112 Å². The van der Waals surface area contributed by atoms with Crippen molar-refractivity contribution in [1.82, 2.24) is 15.5 Å². The van der Waals surface area contributed by atoms with Crippen molar-refractivity contribution in [3.63, 3.8) is 0 Å². The summed E-state index contributed by atoms with van der Waals surface area (Å²) in [4.78, 5) is 0. The average Bonchev–Trinajstić information content (AvgIpc) is 3.07. The Morgan fingerprint density at radius 3 is 2.89 bits per heavy atom. The summed E-state index contributed by atoms with van der Waals surface area (Å²) < 4.78 is 5.52. The molecule has 0 bridgehead atoms. The minimum absolute atomic E-state index is 0.412. The molecular weight excluding hydrogens is 240 g/mol. The lowest BCUT2D eigenvalue weighted by molar-refractivity contribution is 0.481. The van der Waals surface area contributed by atoms with Crippen LogP contribution < -0.4 is 10.6 Å². The van der Waals surface area contributed by atoms with Crippen LogP contribution in [0.1, 0.15) is 30.7 Å². The van der Waals surface area contributed by atoms with Gasteiger partial charge in [0.2, 0.25) is 5.89 Å². The number of rotatable bonds is 6. The molecule has 2 unspecified atom stereocenters. The van der Waals surface area contributed by atoms with Gasteiger partial charge in [-0.15, -0.1) is 5.10 Å². The summed E-state index contributed by atoms with van der Waals surface area (Å²) >= 11 is 0. The summed E-state index contributed by atoms with van der Waals surface area (Å²) in [6, 6.07) is 11.5. The summed E-state index contributed by atoms with van der Waals surface area (Å²) in [5.74, 6) is 1.19. The van der Waals surface area contributed by atoms with E-state index in [1.807, 2.05) is 13.0 Å². The number of hydrogen-bond acceptors (Lipinski definition) is 5. The second-order valence-electron chi connectivity index (χ2n) is 4.78. The van der Waals surface area contributed by atoms with Crippen molar-refractivity contribution in [2.75, 3.05) is 11.9 Å². The Morgan fingerprint density at radius 1 is 1.26 bits per heavy atom. The fraction of sp³-hybridized carbons (Fsp3) is 0.429. The molecule has 2 atom stereocenters. The predicted octanol–water partition coefficient (Wildman–Crippen LogP) is 2.15. The summed E-state index contributed by atoms with van der Waals surface area (Å²) in [5.41, 5.74) is 1.37. The van der Waals surface area contributed by atoms with Gasteiger partial charge in [0.1, 0.15) is 0 Å². The van der Waals surface area contributed by atoms with E-state index < -0.39 is 0 Å². The fourth-order valence-electron chi connectivity index (χ4n) is 2.20. The fourth-order valence-corrected chi connectivity index (χ4v) is 2.20. The van der Waals surface area contributed by atoms with Crippen LogP contribution in [0.2, 0.25) is 0 Å². The molecule has 5 nitrogen and oxygen atoms in total. The van der Waals surface area contributed by atoms with Gasteiger partial charge < -0.3 is 15.1 Å². The van der Waals surface area contributed by atoms with Crippen LogP contribution in [0.5, 0.6) is 0 Å². The molecule has 0 spiro atoms. The second kappa shape index (κ2) is 5.40. The van der Waals surface area contributed by atoms with Crippen molar-refractivity contribution < 1.29 is 4.42 Å². The lowest BCUT2D eigenvalue weighted by atomic mass is 10.1. The van der Waals surface area contributed by atoms with E-state index in [9.17, 15) is 0 Å². The van der Waals surface area contributed by atoms with Crippen molar-refractivity contribution in [2.45, 2.75) is 31.8 Å². The molecule has 1 aromatic carbocycles. The molecule has 0 saturated heterocycles. The van der Waals surface area contributed by atoms with Crippen LogP contribution in [0, 0.1) is 0 Å². The third-order valence-electron chi connectivity index (χ3n) is 3.32. The molecule has 0 amide bonds. The van der Waals surface area contributed by atoms with E-state index in [4.69, 9.17) is 4.42 Å². The molecule has 5 heteroatoms. The van der Waals surface area contributed by atoms with Crippen LogP contribution in [0.4, 0.5) is 6.01 Å². The molecule has 1 heterocycles. The van der Waals surface area contributed by atoms with E-state index in [0.717, 1.165) is 13.0 Å². The second-order valence-corrected chi connectivity index (χ2v) is 4.78. The van der Waals surface area contributed by atoms with E-state index in [2.05, 4.69) is 45.1 Å². The number of nitrogens with zero attached hydrogens (tertiary/aromatic N) is 2. The van der Waals surface area contributed by atoms with Crippen molar-refractivity contribution >= 4 is 6.01 Å². The van der Waals surface area contributed by atoms with E-state index in [1.54, 1.807) is 0 Å². The SMILES string of the molecule is CCNCc1nnc(NC2CC2c2ccccc2)o1. The van der Waals surface area contributed by atoms with Gasteiger partial charge in [0.25, 0.3) is 0 Å². The summed E-state index contributed by atoms with van der Waals surface area (Å²) in [6.07, 6.45) is 1.12. The number of hydrogen-bond donors (Lipinski definition) is 2. The van der Waals surface area contributed by atoms with E-state index in [-0.39, 0.29) is 0 Å². The normalized spacial score (nSPS) is 21.3. The molecule has 1 aliphatic rings. The first-order chi connectivity index (χ1) is 9.36. The van der Waals surface area contributed by atoms with E-state index in [0.29, 0.717) is 30.4 Å². The first kappa shape index (κ1) is 12.2. The average molecular weight is 258 g/mol. The zero-order valence-corrected chi connectivity index (χ0v) is 11.0. The topological polar surface area (TPSA) is 63.0 Å². The van der Waals surface area contributed by atoms with Crippen LogP contribution in [0.15, 0.2) is 34.7 Å². The summed E-state index contributed by atoms with van der Waals surface area (Å²) in [5, 5.41) is 14.5. The third kappa shape index (κ3) is 2.93. The highest BCUT2D eigenvalue weighted by Gasteiger charge is 2.39. The first-order valence-corrected chi connectivity index (χ1v) is 6.71. The maximum Gasteiger partial charge on any atom is 0.315 e. The Morgan fingerprint density at radius 2 is 2.11 bits per heavy atom. The Bertz CT molecular complexity index is 525. The van der Waals surface area contributed by atoms with Gasteiger partial charge in [0, 0.05) is 12.0 Å². The van der Waals surface area contributed by atoms with E-state index >= 15 is 0 Å². The third-order valence-corrected chi connectivity index (χ3v) is 3.32. The number of benzene rings is 1. The van der Waals surface area contributed by atoms with Crippen molar-refractivity contribution in [1.29, 1.82) is 0 Å². The van der Waals surface area contributed by atoms with Gasteiger partial charge in [-0.2, -0.15) is 0 Å². The van der Waals surface area contributed by atoms with Gasteiger partial charge in [0.15, 0.2) is 0 Å². The molecule has 1 saturated carbocycles. The minimum atomic E-state index is 0.412. The number of anilines is 1. The lowest BCUT2D eigenvalue weighted by Crippen LogP contribution is -2.11. The Balaban J connectivity index is 1.54. The molecule has 1 aromatic heterocycles. The van der Waals surface area contributed by atoms with Crippen LogP contribution in [0.3, 0.4) is 0 Å². The highest BCUT2D eigenvalue weighted by Crippen LogP contribution is 2.42. The maximum absolute atomic E-state index is 5.52. The van der Waals surface area contributed by atoms with Crippen LogP contribution in [-0.4, -0.2) is 22.8 Å².